The van der Waals surface area contributed by atoms with Crippen LogP contribution in [0.15, 0.2) is 0 Å². The molecule has 0 spiro atoms. The minimum absolute atomic E-state index is 0.542. The summed E-state index contributed by atoms with van der Waals surface area (Å²) in [5.74, 6) is 0.542. The molecule has 2 N–H and O–H groups in total. The summed E-state index contributed by atoms with van der Waals surface area (Å²) in [5.41, 5.74) is -0.569. The zero-order valence-electron chi connectivity index (χ0n) is 10.3. The second kappa shape index (κ2) is 6.38. The third-order valence-electron chi connectivity index (χ3n) is 2.09. The molecule has 86 valence electrons. The smallest absolute Gasteiger partial charge is 0.0746 e. The van der Waals surface area contributed by atoms with Crippen LogP contribution in [-0.2, 0) is 0 Å². The van der Waals surface area contributed by atoms with Crippen molar-refractivity contribution >= 4 is 0 Å². The summed E-state index contributed by atoms with van der Waals surface area (Å²) in [6, 6.07) is 0. The number of rotatable bonds is 7. The van der Waals surface area contributed by atoms with Gasteiger partial charge in [0.25, 0.3) is 0 Å². The van der Waals surface area contributed by atoms with Crippen molar-refractivity contribution in [2.24, 2.45) is 5.92 Å². The van der Waals surface area contributed by atoms with Crippen molar-refractivity contribution in [3.63, 3.8) is 0 Å². The standard InChI is InChI=1S/C11H26N2O/c1-10(2)8-11(3,14)9-12-6-7-13(4)5/h10,12,14H,6-9H2,1-5H3. The van der Waals surface area contributed by atoms with Crippen LogP contribution in [0, 0.1) is 5.92 Å². The highest BCUT2D eigenvalue weighted by atomic mass is 16.3. The fourth-order valence-electron chi connectivity index (χ4n) is 1.61. The molecule has 14 heavy (non-hydrogen) atoms. The average molecular weight is 202 g/mol. The summed E-state index contributed by atoms with van der Waals surface area (Å²) in [4.78, 5) is 2.13. The first-order valence-corrected chi connectivity index (χ1v) is 5.41. The van der Waals surface area contributed by atoms with Crippen LogP contribution in [0.25, 0.3) is 0 Å². The Balaban J connectivity index is 3.55. The van der Waals surface area contributed by atoms with Gasteiger partial charge in [-0.25, -0.2) is 0 Å². The van der Waals surface area contributed by atoms with Gasteiger partial charge in [0, 0.05) is 19.6 Å². The highest BCUT2D eigenvalue weighted by molar-refractivity contribution is 4.76. The molecule has 0 aliphatic heterocycles. The molecule has 1 atom stereocenters. The monoisotopic (exact) mass is 202 g/mol. The summed E-state index contributed by atoms with van der Waals surface area (Å²) in [5, 5.41) is 13.2. The highest BCUT2D eigenvalue weighted by Crippen LogP contribution is 2.14. The van der Waals surface area contributed by atoms with Crippen LogP contribution in [0.5, 0.6) is 0 Å². The van der Waals surface area contributed by atoms with Gasteiger partial charge < -0.3 is 15.3 Å². The van der Waals surface area contributed by atoms with Crippen LogP contribution < -0.4 is 5.32 Å². The quantitative estimate of drug-likeness (QED) is 0.603. The van der Waals surface area contributed by atoms with Crippen molar-refractivity contribution in [3.8, 4) is 0 Å². The third-order valence-corrected chi connectivity index (χ3v) is 2.09. The Labute approximate surface area is 88.5 Å². The Kier molecular flexibility index (Phi) is 6.33. The van der Waals surface area contributed by atoms with E-state index in [1.807, 2.05) is 21.0 Å². The number of hydrogen-bond donors (Lipinski definition) is 2. The number of aliphatic hydroxyl groups is 1. The van der Waals surface area contributed by atoms with E-state index in [4.69, 9.17) is 0 Å². The molecule has 0 aromatic carbocycles. The van der Waals surface area contributed by atoms with E-state index in [0.717, 1.165) is 19.5 Å². The first-order valence-electron chi connectivity index (χ1n) is 5.41. The Hall–Kier alpha value is -0.120. The first kappa shape index (κ1) is 13.9. The summed E-state index contributed by atoms with van der Waals surface area (Å²) >= 11 is 0. The molecule has 0 heterocycles. The molecule has 0 aliphatic rings. The summed E-state index contributed by atoms with van der Waals surface area (Å²) in [7, 11) is 4.10. The van der Waals surface area contributed by atoms with E-state index in [1.165, 1.54) is 0 Å². The van der Waals surface area contributed by atoms with Crippen molar-refractivity contribution in [2.75, 3.05) is 33.7 Å². The Morgan fingerprint density at radius 2 is 1.93 bits per heavy atom. The predicted octanol–water partition coefficient (Wildman–Crippen LogP) is 0.935. The summed E-state index contributed by atoms with van der Waals surface area (Å²) in [6.45, 7) is 8.79. The number of nitrogens with one attached hydrogen (secondary N) is 1. The fourth-order valence-corrected chi connectivity index (χ4v) is 1.61. The van der Waals surface area contributed by atoms with Crippen LogP contribution in [0.4, 0.5) is 0 Å². The average Bonchev–Trinajstić information content (AvgIpc) is 1.95. The van der Waals surface area contributed by atoms with E-state index in [2.05, 4.69) is 24.1 Å². The lowest BCUT2D eigenvalue weighted by Crippen LogP contribution is -2.41. The predicted molar refractivity (Wildman–Crippen MR) is 61.5 cm³/mol. The second-order valence-electron chi connectivity index (χ2n) is 5.07. The van der Waals surface area contributed by atoms with E-state index in [0.29, 0.717) is 12.5 Å². The minimum atomic E-state index is -0.569. The first-order chi connectivity index (χ1) is 6.33. The molecular weight excluding hydrogens is 176 g/mol. The van der Waals surface area contributed by atoms with E-state index in [9.17, 15) is 5.11 Å². The molecule has 0 aromatic heterocycles. The molecule has 0 aromatic rings. The lowest BCUT2D eigenvalue weighted by Gasteiger charge is -2.26. The number of likely N-dealkylation sites (N-methyl/N-ethyl adjacent to an activating group) is 1. The van der Waals surface area contributed by atoms with Gasteiger partial charge in [0.1, 0.15) is 0 Å². The van der Waals surface area contributed by atoms with Gasteiger partial charge in [0.05, 0.1) is 5.60 Å². The van der Waals surface area contributed by atoms with Gasteiger partial charge >= 0.3 is 0 Å². The summed E-state index contributed by atoms with van der Waals surface area (Å²) in [6.07, 6.45) is 0.849. The molecule has 0 saturated carbocycles. The molecule has 3 heteroatoms. The van der Waals surface area contributed by atoms with E-state index >= 15 is 0 Å². The molecule has 0 bridgehead atoms. The molecule has 0 saturated heterocycles. The largest absolute Gasteiger partial charge is 0.389 e. The van der Waals surface area contributed by atoms with Gasteiger partial charge in [0.2, 0.25) is 0 Å². The maximum atomic E-state index is 9.97. The molecule has 0 rings (SSSR count). The van der Waals surface area contributed by atoms with Crippen molar-refractivity contribution in [1.82, 2.24) is 10.2 Å². The van der Waals surface area contributed by atoms with Gasteiger partial charge in [-0.3, -0.25) is 0 Å². The van der Waals surface area contributed by atoms with Crippen molar-refractivity contribution in [3.05, 3.63) is 0 Å². The Morgan fingerprint density at radius 3 is 2.36 bits per heavy atom. The van der Waals surface area contributed by atoms with Gasteiger partial charge in [-0.15, -0.1) is 0 Å². The van der Waals surface area contributed by atoms with E-state index < -0.39 is 5.60 Å². The molecule has 0 amide bonds. The van der Waals surface area contributed by atoms with Crippen LogP contribution in [0.2, 0.25) is 0 Å². The van der Waals surface area contributed by atoms with E-state index in [-0.39, 0.29) is 0 Å². The minimum Gasteiger partial charge on any atom is -0.389 e. The lowest BCUT2D eigenvalue weighted by molar-refractivity contribution is 0.0384. The zero-order chi connectivity index (χ0) is 11.2. The van der Waals surface area contributed by atoms with E-state index in [1.54, 1.807) is 0 Å². The van der Waals surface area contributed by atoms with Gasteiger partial charge in [-0.2, -0.15) is 0 Å². The number of nitrogens with zero attached hydrogens (tertiary/aromatic N) is 1. The van der Waals surface area contributed by atoms with Crippen LogP contribution in [0.3, 0.4) is 0 Å². The second-order valence-corrected chi connectivity index (χ2v) is 5.07. The lowest BCUT2D eigenvalue weighted by atomic mass is 9.94. The van der Waals surface area contributed by atoms with Crippen LogP contribution in [0.1, 0.15) is 27.2 Å². The van der Waals surface area contributed by atoms with Gasteiger partial charge in [-0.1, -0.05) is 13.8 Å². The molecule has 1 unspecified atom stereocenters. The highest BCUT2D eigenvalue weighted by Gasteiger charge is 2.20. The third kappa shape index (κ3) is 8.48. The molecule has 0 aliphatic carbocycles. The SMILES string of the molecule is CC(C)CC(C)(O)CNCCN(C)C. The van der Waals surface area contributed by atoms with Crippen LogP contribution in [-0.4, -0.2) is 49.3 Å². The normalized spacial score (nSPS) is 16.3. The maximum Gasteiger partial charge on any atom is 0.0746 e. The molecule has 0 fully saturated rings. The van der Waals surface area contributed by atoms with Crippen LogP contribution >= 0.6 is 0 Å². The summed E-state index contributed by atoms with van der Waals surface area (Å²) < 4.78 is 0. The Bertz CT molecular complexity index is 144. The Morgan fingerprint density at radius 1 is 1.36 bits per heavy atom. The topological polar surface area (TPSA) is 35.5 Å². The molecule has 3 nitrogen and oxygen atoms in total. The number of hydrogen-bond acceptors (Lipinski definition) is 3. The van der Waals surface area contributed by atoms with Gasteiger partial charge in [0.15, 0.2) is 0 Å². The van der Waals surface area contributed by atoms with Crippen molar-refractivity contribution < 1.29 is 5.11 Å². The van der Waals surface area contributed by atoms with Gasteiger partial charge in [-0.05, 0) is 33.4 Å². The fraction of sp³-hybridized carbons (Fsp3) is 1.00. The zero-order valence-corrected chi connectivity index (χ0v) is 10.3. The van der Waals surface area contributed by atoms with Crippen molar-refractivity contribution in [2.45, 2.75) is 32.8 Å². The molecular formula is C11H26N2O. The maximum absolute atomic E-state index is 9.97. The molecule has 0 radical (unpaired) electrons. The van der Waals surface area contributed by atoms with Crippen molar-refractivity contribution in [1.29, 1.82) is 0 Å².